The summed E-state index contributed by atoms with van der Waals surface area (Å²) in [5, 5.41) is 26.1. The number of rotatable bonds is 5. The number of carbonyl (C=O) groups is 1. The van der Waals surface area contributed by atoms with Crippen LogP contribution in [0.5, 0.6) is 0 Å². The van der Waals surface area contributed by atoms with Gasteiger partial charge in [-0.3, -0.25) is 15.6 Å². The van der Waals surface area contributed by atoms with E-state index in [0.29, 0.717) is 17.7 Å². The molecule has 32 heavy (non-hydrogen) atoms. The minimum absolute atomic E-state index is 0.150. The number of nitrogens with zero attached hydrogens (tertiary/aromatic N) is 1. The van der Waals surface area contributed by atoms with Crippen LogP contribution in [0.1, 0.15) is 60.7 Å². The van der Waals surface area contributed by atoms with Crippen molar-refractivity contribution >= 4 is 17.7 Å². The van der Waals surface area contributed by atoms with Crippen LogP contribution in [0.4, 0.5) is 4.39 Å². The van der Waals surface area contributed by atoms with Crippen molar-refractivity contribution in [2.24, 2.45) is 5.92 Å². The fourth-order valence-electron chi connectivity index (χ4n) is 4.80. The van der Waals surface area contributed by atoms with Gasteiger partial charge in [0.2, 0.25) is 5.90 Å². The van der Waals surface area contributed by atoms with Gasteiger partial charge in [-0.15, -0.1) is 0 Å². The maximum Gasteiger partial charge on any atom is 0.255 e. The summed E-state index contributed by atoms with van der Waals surface area (Å²) in [5.74, 6) is -0.884. The first-order valence-corrected chi connectivity index (χ1v) is 10.8. The second-order valence-electron chi connectivity index (χ2n) is 9.30. The number of fused-ring (bicyclic) bond motifs is 1. The third-order valence-electron chi connectivity index (χ3n) is 6.27. The van der Waals surface area contributed by atoms with Crippen LogP contribution in [-0.4, -0.2) is 39.4 Å². The largest absolute Gasteiger partial charge is 0.426 e. The SMILES string of the molecule is CC(=N)OC(=N)c1ccc(-c2cccc3c2C(=O)N(C(C2CC2)C(C)(C)O)C3)c(F)c1C. The van der Waals surface area contributed by atoms with Crippen LogP contribution < -0.4 is 0 Å². The molecule has 2 aliphatic rings. The van der Waals surface area contributed by atoms with E-state index < -0.39 is 11.4 Å². The monoisotopic (exact) mass is 437 g/mol. The van der Waals surface area contributed by atoms with E-state index in [4.69, 9.17) is 15.6 Å². The molecule has 0 bridgehead atoms. The Balaban J connectivity index is 1.75. The number of carbonyl (C=O) groups excluding carboxylic acids is 1. The standard InChI is InChI=1S/C25H28FN3O3/c1-13-17(23(28)32-14(2)27)10-11-19(21(13)26)18-7-5-6-16-12-29(24(30)20(16)18)22(15-8-9-15)25(3,4)31/h5-7,10-11,15,22,27-28,31H,8-9,12H2,1-4H3. The Labute approximate surface area is 187 Å². The minimum Gasteiger partial charge on any atom is -0.426 e. The summed E-state index contributed by atoms with van der Waals surface area (Å²) < 4.78 is 20.5. The van der Waals surface area contributed by atoms with Gasteiger partial charge in [0, 0.05) is 24.6 Å². The van der Waals surface area contributed by atoms with Crippen LogP contribution in [-0.2, 0) is 11.3 Å². The molecule has 1 saturated carbocycles. The highest BCUT2D eigenvalue weighted by molar-refractivity contribution is 6.05. The summed E-state index contributed by atoms with van der Waals surface area (Å²) >= 11 is 0. The molecular weight excluding hydrogens is 409 g/mol. The Morgan fingerprint density at radius 3 is 2.50 bits per heavy atom. The zero-order valence-electron chi connectivity index (χ0n) is 18.8. The van der Waals surface area contributed by atoms with Crippen LogP contribution >= 0.6 is 0 Å². The molecule has 0 spiro atoms. The predicted octanol–water partition coefficient (Wildman–Crippen LogP) is 4.65. The molecule has 7 heteroatoms. The van der Waals surface area contributed by atoms with Gasteiger partial charge in [0.05, 0.1) is 17.2 Å². The van der Waals surface area contributed by atoms with E-state index in [1.165, 1.54) is 6.92 Å². The average Bonchev–Trinajstić information content (AvgIpc) is 3.46. The fourth-order valence-corrected chi connectivity index (χ4v) is 4.80. The zero-order valence-corrected chi connectivity index (χ0v) is 18.8. The van der Waals surface area contributed by atoms with E-state index in [2.05, 4.69) is 0 Å². The lowest BCUT2D eigenvalue weighted by Crippen LogP contribution is -2.51. The molecule has 2 aromatic rings. The van der Waals surface area contributed by atoms with Gasteiger partial charge in [-0.1, -0.05) is 24.3 Å². The quantitative estimate of drug-likeness (QED) is 0.469. The first-order valence-electron chi connectivity index (χ1n) is 10.8. The molecule has 168 valence electrons. The molecule has 1 fully saturated rings. The number of hydrogen-bond donors (Lipinski definition) is 3. The molecule has 1 amide bonds. The third-order valence-corrected chi connectivity index (χ3v) is 6.27. The number of amides is 1. The van der Waals surface area contributed by atoms with Gasteiger partial charge in [-0.05, 0) is 62.3 Å². The number of benzene rings is 2. The zero-order chi connectivity index (χ0) is 23.4. The Bertz CT molecular complexity index is 1130. The summed E-state index contributed by atoms with van der Waals surface area (Å²) in [6.45, 7) is 6.83. The van der Waals surface area contributed by atoms with Crippen LogP contribution in [0.15, 0.2) is 30.3 Å². The Morgan fingerprint density at radius 1 is 1.22 bits per heavy atom. The first kappa shape index (κ1) is 22.1. The molecular formula is C25H28FN3O3. The Kier molecular flexibility index (Phi) is 5.41. The Morgan fingerprint density at radius 2 is 1.91 bits per heavy atom. The van der Waals surface area contributed by atoms with E-state index in [1.807, 2.05) is 12.1 Å². The molecule has 1 unspecified atom stereocenters. The molecule has 0 radical (unpaired) electrons. The van der Waals surface area contributed by atoms with Crippen molar-refractivity contribution in [3.8, 4) is 11.1 Å². The van der Waals surface area contributed by atoms with Crippen molar-refractivity contribution in [1.82, 2.24) is 4.90 Å². The molecule has 3 N–H and O–H groups in total. The topological polar surface area (TPSA) is 97.5 Å². The van der Waals surface area contributed by atoms with E-state index in [-0.39, 0.29) is 46.4 Å². The van der Waals surface area contributed by atoms with Crippen molar-refractivity contribution in [3.63, 3.8) is 0 Å². The minimum atomic E-state index is -1.03. The number of ether oxygens (including phenoxy) is 1. The molecule has 1 heterocycles. The van der Waals surface area contributed by atoms with Crippen molar-refractivity contribution in [2.75, 3.05) is 0 Å². The summed E-state index contributed by atoms with van der Waals surface area (Å²) in [6, 6.07) is 8.27. The van der Waals surface area contributed by atoms with Gasteiger partial charge >= 0.3 is 0 Å². The predicted molar refractivity (Wildman–Crippen MR) is 121 cm³/mol. The fraction of sp³-hybridized carbons (Fsp3) is 0.400. The van der Waals surface area contributed by atoms with E-state index >= 15 is 4.39 Å². The van der Waals surface area contributed by atoms with E-state index in [1.54, 1.807) is 43.9 Å². The maximum atomic E-state index is 15.5. The normalized spacial score (nSPS) is 16.7. The van der Waals surface area contributed by atoms with Gasteiger partial charge < -0.3 is 14.7 Å². The van der Waals surface area contributed by atoms with Gasteiger partial charge in [0.25, 0.3) is 5.91 Å². The molecule has 1 aliphatic heterocycles. The Hall–Kier alpha value is -3.06. The lowest BCUT2D eigenvalue weighted by atomic mass is 9.92. The molecule has 0 aromatic heterocycles. The maximum absolute atomic E-state index is 15.5. The highest BCUT2D eigenvalue weighted by Crippen LogP contribution is 2.44. The van der Waals surface area contributed by atoms with Crippen molar-refractivity contribution in [2.45, 2.75) is 58.7 Å². The number of hydrogen-bond acceptors (Lipinski definition) is 5. The van der Waals surface area contributed by atoms with Gasteiger partial charge in [0.1, 0.15) is 5.82 Å². The van der Waals surface area contributed by atoms with E-state index in [9.17, 15) is 9.90 Å². The van der Waals surface area contributed by atoms with Crippen LogP contribution in [0.2, 0.25) is 0 Å². The summed E-state index contributed by atoms with van der Waals surface area (Å²) in [7, 11) is 0. The highest BCUT2D eigenvalue weighted by atomic mass is 19.1. The van der Waals surface area contributed by atoms with Crippen molar-refractivity contribution in [3.05, 3.63) is 58.4 Å². The van der Waals surface area contributed by atoms with Gasteiger partial charge in [-0.2, -0.15) is 0 Å². The molecule has 1 atom stereocenters. The van der Waals surface area contributed by atoms with Crippen LogP contribution in [0.3, 0.4) is 0 Å². The van der Waals surface area contributed by atoms with Crippen LogP contribution in [0, 0.1) is 29.5 Å². The molecule has 1 aliphatic carbocycles. The molecule has 4 rings (SSSR count). The van der Waals surface area contributed by atoms with Gasteiger partial charge in [-0.25, -0.2) is 4.39 Å². The lowest BCUT2D eigenvalue weighted by molar-refractivity contribution is -0.0224. The summed E-state index contributed by atoms with van der Waals surface area (Å²) in [6.07, 6.45) is 1.97. The van der Waals surface area contributed by atoms with E-state index in [0.717, 1.165) is 18.4 Å². The van der Waals surface area contributed by atoms with Crippen LogP contribution in [0.25, 0.3) is 11.1 Å². The number of aliphatic hydroxyl groups is 1. The third kappa shape index (κ3) is 3.81. The number of halogens is 1. The molecule has 6 nitrogen and oxygen atoms in total. The second kappa shape index (κ2) is 7.81. The first-order chi connectivity index (χ1) is 15.0. The second-order valence-corrected chi connectivity index (χ2v) is 9.30. The van der Waals surface area contributed by atoms with Crippen molar-refractivity contribution < 1.29 is 19.0 Å². The molecule has 0 saturated heterocycles. The smallest absolute Gasteiger partial charge is 0.255 e. The lowest BCUT2D eigenvalue weighted by Gasteiger charge is -2.37. The van der Waals surface area contributed by atoms with Crippen molar-refractivity contribution in [1.29, 1.82) is 10.8 Å². The van der Waals surface area contributed by atoms with Gasteiger partial charge in [0.15, 0.2) is 5.90 Å². The number of nitrogens with one attached hydrogen (secondary N) is 2. The average molecular weight is 438 g/mol. The highest BCUT2D eigenvalue weighted by Gasteiger charge is 2.48. The molecule has 2 aromatic carbocycles. The summed E-state index contributed by atoms with van der Waals surface area (Å²) in [5.41, 5.74) is 1.52. The summed E-state index contributed by atoms with van der Waals surface area (Å²) in [4.78, 5) is 15.3.